The molecule has 3 aromatic heterocycles. The fraction of sp³-hybridized carbons (Fsp3) is 0.111. The van der Waals surface area contributed by atoms with Crippen molar-refractivity contribution < 1.29 is 4.79 Å². The van der Waals surface area contributed by atoms with Gasteiger partial charge in [-0.15, -0.1) is 5.10 Å². The van der Waals surface area contributed by atoms with Crippen molar-refractivity contribution in [1.29, 1.82) is 0 Å². The first-order chi connectivity index (χ1) is 13.3. The van der Waals surface area contributed by atoms with Crippen LogP contribution in [0.2, 0.25) is 0 Å². The van der Waals surface area contributed by atoms with Crippen LogP contribution < -0.4 is 5.32 Å². The summed E-state index contributed by atoms with van der Waals surface area (Å²) in [6.07, 6.45) is 7.65. The predicted octanol–water partition coefficient (Wildman–Crippen LogP) is 1.75. The number of aryl methyl sites for hydroxylation is 2. The van der Waals surface area contributed by atoms with Crippen LogP contribution in [0.1, 0.15) is 15.9 Å². The Hall–Kier alpha value is -3.88. The molecule has 1 N–H and O–H groups in total. The van der Waals surface area contributed by atoms with Crippen molar-refractivity contribution in [1.82, 2.24) is 35.0 Å². The molecule has 1 aromatic carbocycles. The lowest BCUT2D eigenvalue weighted by Gasteiger charge is -2.07. The van der Waals surface area contributed by atoms with Gasteiger partial charge in [-0.25, -0.2) is 0 Å². The molecule has 0 atom stereocenters. The number of amides is 1. The normalized spacial score (nSPS) is 10.7. The molecule has 0 aliphatic heterocycles. The second-order valence-electron chi connectivity index (χ2n) is 5.80. The molecule has 9 nitrogen and oxygen atoms in total. The van der Waals surface area contributed by atoms with Crippen LogP contribution in [0, 0.1) is 0 Å². The Morgan fingerprint density at radius 2 is 1.93 bits per heavy atom. The number of anilines is 1. The molecule has 0 spiro atoms. The van der Waals surface area contributed by atoms with Gasteiger partial charge < -0.3 is 5.32 Å². The van der Waals surface area contributed by atoms with Gasteiger partial charge in [-0.2, -0.15) is 9.78 Å². The summed E-state index contributed by atoms with van der Waals surface area (Å²) >= 11 is 0. The Labute approximate surface area is 154 Å². The molecule has 0 aliphatic rings. The third-order valence-electron chi connectivity index (χ3n) is 4.01. The van der Waals surface area contributed by atoms with Crippen molar-refractivity contribution in [3.63, 3.8) is 0 Å². The quantitative estimate of drug-likeness (QED) is 0.562. The second kappa shape index (κ2) is 7.56. The van der Waals surface area contributed by atoms with Crippen LogP contribution in [0.3, 0.4) is 0 Å². The highest BCUT2D eigenvalue weighted by atomic mass is 16.1. The highest BCUT2D eigenvalue weighted by molar-refractivity contribution is 6.06. The first-order valence-electron chi connectivity index (χ1n) is 8.36. The molecule has 0 saturated heterocycles. The van der Waals surface area contributed by atoms with Gasteiger partial charge in [-0.05, 0) is 46.7 Å². The van der Waals surface area contributed by atoms with E-state index in [1.807, 2.05) is 24.4 Å². The molecule has 27 heavy (non-hydrogen) atoms. The fourth-order valence-corrected chi connectivity index (χ4v) is 2.67. The Kier molecular flexibility index (Phi) is 4.64. The zero-order valence-corrected chi connectivity index (χ0v) is 14.3. The van der Waals surface area contributed by atoms with Crippen LogP contribution in [0.5, 0.6) is 0 Å². The lowest BCUT2D eigenvalue weighted by molar-refractivity contribution is 0.102. The highest BCUT2D eigenvalue weighted by Gasteiger charge is 2.14. The molecule has 4 rings (SSSR count). The number of hydrogen-bond acceptors (Lipinski definition) is 6. The summed E-state index contributed by atoms with van der Waals surface area (Å²) in [5.74, 6) is 0.210. The van der Waals surface area contributed by atoms with E-state index in [2.05, 4.69) is 30.9 Å². The number of aromatic nitrogens is 7. The van der Waals surface area contributed by atoms with Crippen molar-refractivity contribution in [3.05, 3.63) is 78.5 Å². The zero-order valence-electron chi connectivity index (χ0n) is 14.3. The van der Waals surface area contributed by atoms with Crippen molar-refractivity contribution in [2.24, 2.45) is 0 Å². The predicted molar refractivity (Wildman–Crippen MR) is 97.3 cm³/mol. The van der Waals surface area contributed by atoms with Crippen LogP contribution in [0.25, 0.3) is 5.69 Å². The lowest BCUT2D eigenvalue weighted by Crippen LogP contribution is -2.16. The number of tetrazole rings is 1. The van der Waals surface area contributed by atoms with Gasteiger partial charge in [0.15, 0.2) is 5.82 Å². The van der Waals surface area contributed by atoms with Gasteiger partial charge >= 0.3 is 0 Å². The molecular weight excluding hydrogens is 344 g/mol. The van der Waals surface area contributed by atoms with E-state index in [9.17, 15) is 4.79 Å². The largest absolute Gasteiger partial charge is 0.305 e. The van der Waals surface area contributed by atoms with Gasteiger partial charge in [0, 0.05) is 31.2 Å². The smallest absolute Gasteiger partial charge is 0.259 e. The summed E-state index contributed by atoms with van der Waals surface area (Å²) in [6, 6.07) is 12.8. The summed E-state index contributed by atoms with van der Waals surface area (Å²) in [5.41, 5.74) is 2.23. The van der Waals surface area contributed by atoms with Crippen molar-refractivity contribution in [3.8, 4) is 5.69 Å². The van der Waals surface area contributed by atoms with Crippen molar-refractivity contribution in [2.75, 3.05) is 5.32 Å². The third-order valence-corrected chi connectivity index (χ3v) is 4.01. The minimum Gasteiger partial charge on any atom is -0.305 e. The van der Waals surface area contributed by atoms with E-state index in [1.165, 1.54) is 16.6 Å². The summed E-state index contributed by atoms with van der Waals surface area (Å²) in [6.45, 7) is 0.709. The summed E-state index contributed by atoms with van der Waals surface area (Å²) in [7, 11) is 0. The van der Waals surface area contributed by atoms with Gasteiger partial charge in [0.2, 0.25) is 0 Å². The van der Waals surface area contributed by atoms with Crippen LogP contribution in [-0.2, 0) is 13.0 Å². The molecule has 134 valence electrons. The Morgan fingerprint density at radius 1 is 1.07 bits per heavy atom. The minimum absolute atomic E-state index is 0.277. The van der Waals surface area contributed by atoms with E-state index >= 15 is 0 Å². The number of para-hydroxylation sites is 1. The molecule has 0 bridgehead atoms. The van der Waals surface area contributed by atoms with Crippen LogP contribution >= 0.6 is 0 Å². The summed E-state index contributed by atoms with van der Waals surface area (Å²) in [4.78, 5) is 16.7. The maximum Gasteiger partial charge on any atom is 0.259 e. The average molecular weight is 360 g/mol. The number of hydrogen-bond donors (Lipinski definition) is 1. The first kappa shape index (κ1) is 16.6. The average Bonchev–Trinajstić information content (AvgIpc) is 3.39. The molecule has 0 fully saturated rings. The number of carbonyl (C=O) groups is 1. The Morgan fingerprint density at radius 3 is 2.74 bits per heavy atom. The highest BCUT2D eigenvalue weighted by Crippen LogP contribution is 2.15. The van der Waals surface area contributed by atoms with Gasteiger partial charge in [-0.1, -0.05) is 12.1 Å². The molecule has 9 heteroatoms. The van der Waals surface area contributed by atoms with Gasteiger partial charge in [0.25, 0.3) is 5.91 Å². The number of rotatable bonds is 6. The molecular formula is C18H16N8O. The topological polar surface area (TPSA) is 103 Å². The van der Waals surface area contributed by atoms with Crippen LogP contribution in [-0.4, -0.2) is 40.9 Å². The van der Waals surface area contributed by atoms with Crippen LogP contribution in [0.15, 0.2) is 67.4 Å². The van der Waals surface area contributed by atoms with E-state index in [-0.39, 0.29) is 5.91 Å². The Bertz CT molecular complexity index is 1030. The third kappa shape index (κ3) is 3.87. The number of benzene rings is 1. The SMILES string of the molecule is O=C(Nc1ccn(CCc2ccncc2)n1)c1ccccc1-n1cnnn1. The fourth-order valence-electron chi connectivity index (χ4n) is 2.67. The van der Waals surface area contributed by atoms with Crippen molar-refractivity contribution >= 4 is 11.7 Å². The van der Waals surface area contributed by atoms with Gasteiger partial charge in [0.1, 0.15) is 6.33 Å². The molecule has 0 unspecified atom stereocenters. The van der Waals surface area contributed by atoms with Gasteiger partial charge in [0.05, 0.1) is 11.3 Å². The van der Waals surface area contributed by atoms with Crippen LogP contribution in [0.4, 0.5) is 5.82 Å². The minimum atomic E-state index is -0.277. The molecule has 1 amide bonds. The summed E-state index contributed by atoms with van der Waals surface area (Å²) in [5, 5.41) is 18.3. The van der Waals surface area contributed by atoms with E-state index in [0.29, 0.717) is 23.6 Å². The number of pyridine rings is 1. The standard InChI is InChI=1S/C18H16N8O/c27-18(15-3-1-2-4-16(15)26-13-20-23-24-26)21-17-8-12-25(22-17)11-7-14-5-9-19-10-6-14/h1-6,8-10,12-13H,7,11H2,(H,21,22,27). The number of carbonyl (C=O) groups excluding carboxylic acids is 1. The maximum atomic E-state index is 12.7. The molecule has 0 radical (unpaired) electrons. The van der Waals surface area contributed by atoms with E-state index < -0.39 is 0 Å². The van der Waals surface area contributed by atoms with E-state index in [0.717, 1.165) is 6.42 Å². The van der Waals surface area contributed by atoms with Crippen molar-refractivity contribution in [2.45, 2.75) is 13.0 Å². The lowest BCUT2D eigenvalue weighted by atomic mass is 10.1. The first-order valence-corrected chi connectivity index (χ1v) is 8.36. The summed E-state index contributed by atoms with van der Waals surface area (Å²) < 4.78 is 3.24. The molecule has 0 saturated carbocycles. The maximum absolute atomic E-state index is 12.7. The number of nitrogens with zero attached hydrogens (tertiary/aromatic N) is 7. The van der Waals surface area contributed by atoms with E-state index in [4.69, 9.17) is 0 Å². The Balaban J connectivity index is 1.44. The second-order valence-corrected chi connectivity index (χ2v) is 5.80. The zero-order chi connectivity index (χ0) is 18.5. The molecule has 3 heterocycles. The van der Waals surface area contributed by atoms with Gasteiger partial charge in [-0.3, -0.25) is 14.5 Å². The molecule has 4 aromatic rings. The van der Waals surface area contributed by atoms with E-state index in [1.54, 1.807) is 41.3 Å². The monoisotopic (exact) mass is 360 g/mol. The molecule has 0 aliphatic carbocycles. The number of nitrogens with one attached hydrogen (secondary N) is 1.